The number of rotatable bonds is 5. The number of carboxylic acids is 1. The number of nitrogens with zero attached hydrogens (tertiary/aromatic N) is 1. The van der Waals surface area contributed by atoms with Crippen LogP contribution in [0.5, 0.6) is 0 Å². The van der Waals surface area contributed by atoms with Crippen LogP contribution in [0.2, 0.25) is 0 Å². The monoisotopic (exact) mass is 426 g/mol. The number of hydrogen-bond acceptors (Lipinski definition) is 10. The summed E-state index contributed by atoms with van der Waals surface area (Å²) in [6.07, 6.45) is -6.68. The maximum Gasteiger partial charge on any atom is 0.355 e. The number of aromatic nitrogens is 4. The highest BCUT2D eigenvalue weighted by Gasteiger charge is 2.46. The molecule has 1 aliphatic heterocycles. The maximum atomic E-state index is 12.0. The molecule has 0 amide bonds. The molecule has 15 heteroatoms. The number of esters is 1. The van der Waals surface area contributed by atoms with E-state index in [4.69, 9.17) is 9.47 Å². The van der Waals surface area contributed by atoms with Crippen molar-refractivity contribution in [3.8, 4) is 0 Å². The quantitative estimate of drug-likeness (QED) is 0.253. The Labute approximate surface area is 163 Å². The van der Waals surface area contributed by atoms with Crippen LogP contribution < -0.4 is 22.5 Å². The SMILES string of the molecule is O=C(OC[C@H]1O[C@@H](n2c(C(=O)O)cc(=O)[nH]c2=O)[C@H](O)[C@@H]1O)c1cc(=O)[nH]c(=O)[nH]1. The largest absolute Gasteiger partial charge is 0.477 e. The van der Waals surface area contributed by atoms with E-state index in [0.717, 1.165) is 6.07 Å². The van der Waals surface area contributed by atoms with E-state index in [1.807, 2.05) is 15.0 Å². The summed E-state index contributed by atoms with van der Waals surface area (Å²) >= 11 is 0. The van der Waals surface area contributed by atoms with Crippen LogP contribution in [0, 0.1) is 0 Å². The second-order valence-electron chi connectivity index (χ2n) is 6.15. The number of carbonyl (C=O) groups excluding carboxylic acids is 1. The van der Waals surface area contributed by atoms with E-state index in [1.165, 1.54) is 0 Å². The van der Waals surface area contributed by atoms with E-state index in [1.54, 1.807) is 0 Å². The number of aliphatic hydroxyl groups excluding tert-OH is 2. The van der Waals surface area contributed by atoms with Gasteiger partial charge in [-0.05, 0) is 0 Å². The molecule has 30 heavy (non-hydrogen) atoms. The van der Waals surface area contributed by atoms with Gasteiger partial charge in [0, 0.05) is 12.1 Å². The highest BCUT2D eigenvalue weighted by Crippen LogP contribution is 2.29. The van der Waals surface area contributed by atoms with E-state index in [-0.39, 0.29) is 0 Å². The lowest BCUT2D eigenvalue weighted by molar-refractivity contribution is -0.0610. The van der Waals surface area contributed by atoms with Crippen molar-refractivity contribution in [1.82, 2.24) is 19.5 Å². The second kappa shape index (κ2) is 7.90. The second-order valence-corrected chi connectivity index (χ2v) is 6.15. The van der Waals surface area contributed by atoms with Gasteiger partial charge in [-0.25, -0.2) is 19.2 Å². The Balaban J connectivity index is 1.81. The van der Waals surface area contributed by atoms with Crippen LogP contribution in [0.25, 0.3) is 0 Å². The van der Waals surface area contributed by atoms with Gasteiger partial charge in [0.05, 0.1) is 0 Å². The third-order valence-corrected chi connectivity index (χ3v) is 4.15. The molecule has 0 bridgehead atoms. The van der Waals surface area contributed by atoms with E-state index in [2.05, 4.69) is 0 Å². The summed E-state index contributed by atoms with van der Waals surface area (Å²) < 4.78 is 10.5. The zero-order chi connectivity index (χ0) is 22.2. The zero-order valence-electron chi connectivity index (χ0n) is 14.7. The molecule has 1 fully saturated rings. The first-order valence-electron chi connectivity index (χ1n) is 8.20. The molecule has 0 unspecified atom stereocenters. The number of carboxylic acid groups (broad SMARTS) is 1. The van der Waals surface area contributed by atoms with Gasteiger partial charge in [-0.1, -0.05) is 0 Å². The lowest BCUT2D eigenvalue weighted by Gasteiger charge is -2.19. The third-order valence-electron chi connectivity index (χ3n) is 4.15. The number of aromatic amines is 3. The molecule has 15 nitrogen and oxygen atoms in total. The van der Waals surface area contributed by atoms with Gasteiger partial charge in [0.1, 0.15) is 36.3 Å². The Morgan fingerprint density at radius 1 is 1.03 bits per heavy atom. The van der Waals surface area contributed by atoms with Crippen molar-refractivity contribution in [2.24, 2.45) is 0 Å². The van der Waals surface area contributed by atoms with Crippen molar-refractivity contribution in [2.75, 3.05) is 6.61 Å². The van der Waals surface area contributed by atoms with E-state index < -0.39 is 77.0 Å². The molecule has 4 atom stereocenters. The lowest BCUT2D eigenvalue weighted by atomic mass is 10.1. The Morgan fingerprint density at radius 3 is 2.33 bits per heavy atom. The zero-order valence-corrected chi connectivity index (χ0v) is 14.7. The molecular weight excluding hydrogens is 412 g/mol. The van der Waals surface area contributed by atoms with E-state index in [9.17, 15) is 44.1 Å². The Morgan fingerprint density at radius 2 is 1.70 bits per heavy atom. The van der Waals surface area contributed by atoms with Crippen molar-refractivity contribution >= 4 is 11.9 Å². The Kier molecular flexibility index (Phi) is 5.50. The number of hydrogen-bond donors (Lipinski definition) is 6. The minimum atomic E-state index is -1.82. The fourth-order valence-electron chi connectivity index (χ4n) is 2.82. The number of carbonyl (C=O) groups is 2. The molecule has 0 saturated carbocycles. The summed E-state index contributed by atoms with van der Waals surface area (Å²) in [4.78, 5) is 74.8. The van der Waals surface area contributed by atoms with Gasteiger partial charge in [-0.2, -0.15) is 0 Å². The molecule has 0 aromatic carbocycles. The molecule has 2 aromatic heterocycles. The summed E-state index contributed by atoms with van der Waals surface area (Å²) in [5.41, 5.74) is -5.33. The van der Waals surface area contributed by atoms with Gasteiger partial charge in [-0.15, -0.1) is 0 Å². The first kappa shape index (κ1) is 20.9. The number of aromatic carboxylic acids is 1. The minimum Gasteiger partial charge on any atom is -0.477 e. The van der Waals surface area contributed by atoms with Gasteiger partial charge in [0.15, 0.2) is 6.23 Å². The van der Waals surface area contributed by atoms with Gasteiger partial charge < -0.3 is 29.8 Å². The Hall–Kier alpha value is -3.82. The number of nitrogens with one attached hydrogen (secondary N) is 3. The van der Waals surface area contributed by atoms with Crippen molar-refractivity contribution < 1.29 is 34.4 Å². The van der Waals surface area contributed by atoms with Crippen molar-refractivity contribution in [3.05, 3.63) is 65.2 Å². The Bertz CT molecular complexity index is 1190. The number of aliphatic hydroxyl groups is 2. The average Bonchev–Trinajstić information content (AvgIpc) is 2.93. The third kappa shape index (κ3) is 3.97. The predicted octanol–water partition coefficient (Wildman–Crippen LogP) is -3.91. The van der Waals surface area contributed by atoms with Crippen molar-refractivity contribution in [2.45, 2.75) is 24.5 Å². The van der Waals surface area contributed by atoms with Crippen LogP contribution in [-0.2, 0) is 9.47 Å². The summed E-state index contributed by atoms with van der Waals surface area (Å²) in [5, 5.41) is 29.5. The van der Waals surface area contributed by atoms with Crippen LogP contribution >= 0.6 is 0 Å². The summed E-state index contributed by atoms with van der Waals surface area (Å²) in [6, 6.07) is 1.34. The fourth-order valence-corrected chi connectivity index (χ4v) is 2.82. The summed E-state index contributed by atoms with van der Waals surface area (Å²) in [6.45, 7) is -0.692. The van der Waals surface area contributed by atoms with Gasteiger partial charge in [0.25, 0.3) is 11.1 Å². The lowest BCUT2D eigenvalue weighted by Crippen LogP contribution is -2.40. The average molecular weight is 426 g/mol. The first-order chi connectivity index (χ1) is 14.1. The molecule has 1 saturated heterocycles. The molecule has 2 aromatic rings. The minimum absolute atomic E-state index is 0.424. The number of ether oxygens (including phenoxy) is 2. The summed E-state index contributed by atoms with van der Waals surface area (Å²) in [5.74, 6) is -2.82. The fraction of sp³-hybridized carbons (Fsp3) is 0.333. The standard InChI is InChI=1S/C15H14N4O11/c20-7-1-4(16-14(27)17-7)13(26)29-3-6-9(22)10(23)11(30-6)19-5(12(24)25)2-8(21)18-15(19)28/h1-2,6,9-11,22-23H,3H2,(H,24,25)(H,18,21,28)(H2,16,17,20,27)/t6-,9-,10-,11-/m1/s1. The predicted molar refractivity (Wildman–Crippen MR) is 92.2 cm³/mol. The van der Waals surface area contributed by atoms with E-state index >= 15 is 0 Å². The van der Waals surface area contributed by atoms with Gasteiger partial charge in [-0.3, -0.25) is 24.1 Å². The van der Waals surface area contributed by atoms with Crippen LogP contribution in [0.4, 0.5) is 0 Å². The first-order valence-corrected chi connectivity index (χ1v) is 8.20. The normalized spacial score (nSPS) is 23.3. The van der Waals surface area contributed by atoms with Crippen LogP contribution in [0.15, 0.2) is 31.3 Å². The molecule has 160 valence electrons. The van der Waals surface area contributed by atoms with Crippen LogP contribution in [0.3, 0.4) is 0 Å². The van der Waals surface area contributed by atoms with Crippen LogP contribution in [0.1, 0.15) is 27.2 Å². The maximum absolute atomic E-state index is 12.0. The molecule has 6 N–H and O–H groups in total. The number of H-pyrrole nitrogens is 3. The van der Waals surface area contributed by atoms with Crippen LogP contribution in [-0.4, -0.2) is 71.7 Å². The molecule has 1 aliphatic rings. The smallest absolute Gasteiger partial charge is 0.355 e. The van der Waals surface area contributed by atoms with Gasteiger partial charge in [0.2, 0.25) is 0 Å². The molecule has 0 radical (unpaired) electrons. The summed E-state index contributed by atoms with van der Waals surface area (Å²) in [7, 11) is 0. The molecule has 3 rings (SSSR count). The van der Waals surface area contributed by atoms with Crippen molar-refractivity contribution in [3.63, 3.8) is 0 Å². The van der Waals surface area contributed by atoms with E-state index in [0.29, 0.717) is 10.6 Å². The topological polar surface area (TPSA) is 234 Å². The highest BCUT2D eigenvalue weighted by molar-refractivity contribution is 5.87. The highest BCUT2D eigenvalue weighted by atomic mass is 16.6. The molecule has 3 heterocycles. The van der Waals surface area contributed by atoms with Gasteiger partial charge >= 0.3 is 23.3 Å². The molecule has 0 aliphatic carbocycles. The van der Waals surface area contributed by atoms with Crippen molar-refractivity contribution in [1.29, 1.82) is 0 Å². The molecular formula is C15H14N4O11. The molecule has 0 spiro atoms.